The van der Waals surface area contributed by atoms with E-state index in [0.29, 0.717) is 0 Å². The van der Waals surface area contributed by atoms with Crippen molar-refractivity contribution in [1.82, 2.24) is 0 Å². The van der Waals surface area contributed by atoms with E-state index in [-0.39, 0.29) is 12.4 Å². The zero-order chi connectivity index (χ0) is 9.97. The summed E-state index contributed by atoms with van der Waals surface area (Å²) in [5.41, 5.74) is 2.57. The van der Waals surface area contributed by atoms with Gasteiger partial charge in [0, 0.05) is 17.6 Å². The lowest BCUT2D eigenvalue weighted by atomic mass is 10.0. The van der Waals surface area contributed by atoms with Gasteiger partial charge in [-0.15, -0.1) is 12.4 Å². The Morgan fingerprint density at radius 1 is 1.00 bits per heavy atom. The standard InChI is InChI=1S/C13H15N.ClH/c1-3-14-13-9-8-10(2)11-6-4-5-7-12(11)13;/h4-9,14H,3H2,1-2H3;1H. The number of benzene rings is 2. The summed E-state index contributed by atoms with van der Waals surface area (Å²) in [5, 5.41) is 6.03. The van der Waals surface area contributed by atoms with Crippen LogP contribution >= 0.6 is 12.4 Å². The first kappa shape index (κ1) is 11.9. The molecule has 1 N–H and O–H groups in total. The van der Waals surface area contributed by atoms with Crippen molar-refractivity contribution in [2.45, 2.75) is 13.8 Å². The number of nitrogens with one attached hydrogen (secondary N) is 1. The summed E-state index contributed by atoms with van der Waals surface area (Å²) in [7, 11) is 0. The van der Waals surface area contributed by atoms with Gasteiger partial charge in [0.2, 0.25) is 0 Å². The molecule has 0 aliphatic rings. The fraction of sp³-hybridized carbons (Fsp3) is 0.231. The molecular formula is C13H16ClN. The molecule has 0 saturated heterocycles. The van der Waals surface area contributed by atoms with E-state index in [2.05, 4.69) is 55.6 Å². The Balaban J connectivity index is 0.00000112. The number of hydrogen-bond donors (Lipinski definition) is 1. The molecule has 0 aliphatic heterocycles. The van der Waals surface area contributed by atoms with Crippen molar-refractivity contribution >= 4 is 28.9 Å². The van der Waals surface area contributed by atoms with Crippen molar-refractivity contribution in [1.29, 1.82) is 0 Å². The zero-order valence-corrected chi connectivity index (χ0v) is 9.90. The predicted molar refractivity (Wildman–Crippen MR) is 70.1 cm³/mol. The molecule has 2 rings (SSSR count). The Hall–Kier alpha value is -1.21. The van der Waals surface area contributed by atoms with E-state index in [0.717, 1.165) is 6.54 Å². The van der Waals surface area contributed by atoms with Crippen molar-refractivity contribution in [3.63, 3.8) is 0 Å². The van der Waals surface area contributed by atoms with Crippen LogP contribution in [0.1, 0.15) is 12.5 Å². The minimum Gasteiger partial charge on any atom is -0.385 e. The van der Waals surface area contributed by atoms with Crippen LogP contribution in [0.2, 0.25) is 0 Å². The third-order valence-electron chi connectivity index (χ3n) is 2.51. The van der Waals surface area contributed by atoms with Gasteiger partial charge in [0.15, 0.2) is 0 Å². The first-order valence-electron chi connectivity index (χ1n) is 5.05. The second-order valence-corrected chi connectivity index (χ2v) is 3.51. The summed E-state index contributed by atoms with van der Waals surface area (Å²) in [6.07, 6.45) is 0. The van der Waals surface area contributed by atoms with Gasteiger partial charge in [-0.05, 0) is 30.9 Å². The van der Waals surface area contributed by atoms with E-state index < -0.39 is 0 Å². The largest absolute Gasteiger partial charge is 0.385 e. The molecule has 0 spiro atoms. The number of anilines is 1. The van der Waals surface area contributed by atoms with Gasteiger partial charge in [0.05, 0.1) is 0 Å². The lowest BCUT2D eigenvalue weighted by Crippen LogP contribution is -1.97. The first-order chi connectivity index (χ1) is 6.83. The van der Waals surface area contributed by atoms with Gasteiger partial charge in [0.25, 0.3) is 0 Å². The molecule has 2 aromatic rings. The quantitative estimate of drug-likeness (QED) is 0.808. The maximum absolute atomic E-state index is 3.38. The Bertz CT molecular complexity index is 451. The highest BCUT2D eigenvalue weighted by molar-refractivity contribution is 5.95. The first-order valence-corrected chi connectivity index (χ1v) is 5.05. The Kier molecular flexibility index (Phi) is 3.98. The van der Waals surface area contributed by atoms with Crippen LogP contribution in [0.4, 0.5) is 5.69 Å². The van der Waals surface area contributed by atoms with Gasteiger partial charge in [0.1, 0.15) is 0 Å². The third kappa shape index (κ3) is 2.24. The van der Waals surface area contributed by atoms with Crippen LogP contribution < -0.4 is 5.32 Å². The zero-order valence-electron chi connectivity index (χ0n) is 9.08. The average Bonchev–Trinajstić information content (AvgIpc) is 2.23. The van der Waals surface area contributed by atoms with E-state index in [1.807, 2.05) is 0 Å². The lowest BCUT2D eigenvalue weighted by molar-refractivity contribution is 1.22. The lowest BCUT2D eigenvalue weighted by Gasteiger charge is -2.09. The number of hydrogen-bond acceptors (Lipinski definition) is 1. The minimum atomic E-state index is 0. The van der Waals surface area contributed by atoms with Crippen LogP contribution in [0, 0.1) is 6.92 Å². The smallest absolute Gasteiger partial charge is 0.0419 e. The fourth-order valence-corrected chi connectivity index (χ4v) is 1.79. The van der Waals surface area contributed by atoms with E-state index in [1.54, 1.807) is 0 Å². The fourth-order valence-electron chi connectivity index (χ4n) is 1.79. The third-order valence-corrected chi connectivity index (χ3v) is 2.51. The molecule has 0 heterocycles. The Morgan fingerprint density at radius 2 is 1.67 bits per heavy atom. The van der Waals surface area contributed by atoms with E-state index in [1.165, 1.54) is 22.0 Å². The van der Waals surface area contributed by atoms with Crippen LogP contribution in [0.3, 0.4) is 0 Å². The van der Waals surface area contributed by atoms with Gasteiger partial charge in [-0.2, -0.15) is 0 Å². The van der Waals surface area contributed by atoms with Gasteiger partial charge in [-0.25, -0.2) is 0 Å². The topological polar surface area (TPSA) is 12.0 Å². The highest BCUT2D eigenvalue weighted by Crippen LogP contribution is 2.25. The molecule has 0 fully saturated rings. The van der Waals surface area contributed by atoms with Crippen LogP contribution in [0.25, 0.3) is 10.8 Å². The summed E-state index contributed by atoms with van der Waals surface area (Å²) < 4.78 is 0. The predicted octanol–water partition coefficient (Wildman–Crippen LogP) is 4.00. The van der Waals surface area contributed by atoms with Crippen LogP contribution in [0.5, 0.6) is 0 Å². The molecule has 1 nitrogen and oxygen atoms in total. The molecule has 2 heteroatoms. The Morgan fingerprint density at radius 3 is 2.33 bits per heavy atom. The molecule has 0 bridgehead atoms. The summed E-state index contributed by atoms with van der Waals surface area (Å²) in [4.78, 5) is 0. The van der Waals surface area contributed by atoms with E-state index in [9.17, 15) is 0 Å². The van der Waals surface area contributed by atoms with Gasteiger partial charge in [-0.3, -0.25) is 0 Å². The maximum Gasteiger partial charge on any atom is 0.0419 e. The molecule has 80 valence electrons. The normalized spacial score (nSPS) is 9.73. The minimum absolute atomic E-state index is 0. The second-order valence-electron chi connectivity index (χ2n) is 3.51. The molecule has 0 amide bonds. The Labute approximate surface area is 96.9 Å². The van der Waals surface area contributed by atoms with E-state index >= 15 is 0 Å². The number of aryl methyl sites for hydroxylation is 1. The van der Waals surface area contributed by atoms with E-state index in [4.69, 9.17) is 0 Å². The molecule has 2 aromatic carbocycles. The molecule has 0 atom stereocenters. The van der Waals surface area contributed by atoms with Crippen LogP contribution in [-0.2, 0) is 0 Å². The summed E-state index contributed by atoms with van der Waals surface area (Å²) in [6.45, 7) is 5.24. The molecular weight excluding hydrogens is 206 g/mol. The van der Waals surface area contributed by atoms with Gasteiger partial charge < -0.3 is 5.32 Å². The molecule has 15 heavy (non-hydrogen) atoms. The highest BCUT2D eigenvalue weighted by Gasteiger charge is 2.00. The van der Waals surface area contributed by atoms with Crippen molar-refractivity contribution in [3.8, 4) is 0 Å². The van der Waals surface area contributed by atoms with Gasteiger partial charge >= 0.3 is 0 Å². The summed E-state index contributed by atoms with van der Waals surface area (Å²) >= 11 is 0. The maximum atomic E-state index is 3.38. The van der Waals surface area contributed by atoms with Crippen molar-refractivity contribution in [3.05, 3.63) is 42.0 Å². The SMILES string of the molecule is CCNc1ccc(C)c2ccccc12.Cl. The van der Waals surface area contributed by atoms with Crippen molar-refractivity contribution in [2.24, 2.45) is 0 Å². The number of rotatable bonds is 2. The van der Waals surface area contributed by atoms with Crippen molar-refractivity contribution < 1.29 is 0 Å². The highest BCUT2D eigenvalue weighted by atomic mass is 35.5. The second kappa shape index (κ2) is 5.04. The van der Waals surface area contributed by atoms with Crippen LogP contribution in [0.15, 0.2) is 36.4 Å². The summed E-state index contributed by atoms with van der Waals surface area (Å²) in [5.74, 6) is 0. The molecule has 0 saturated carbocycles. The molecule has 0 aromatic heterocycles. The summed E-state index contributed by atoms with van der Waals surface area (Å²) in [6, 6.07) is 12.8. The number of halogens is 1. The molecule has 0 aliphatic carbocycles. The number of fused-ring (bicyclic) bond motifs is 1. The molecule has 0 radical (unpaired) electrons. The average molecular weight is 222 g/mol. The van der Waals surface area contributed by atoms with Crippen molar-refractivity contribution in [2.75, 3.05) is 11.9 Å². The monoisotopic (exact) mass is 221 g/mol. The van der Waals surface area contributed by atoms with Gasteiger partial charge in [-0.1, -0.05) is 30.3 Å². The molecule has 0 unspecified atom stereocenters. The van der Waals surface area contributed by atoms with Crippen LogP contribution in [-0.4, -0.2) is 6.54 Å².